The van der Waals surface area contributed by atoms with Crippen molar-refractivity contribution >= 4 is 27.6 Å². The Morgan fingerprint density at radius 1 is 1.09 bits per heavy atom. The molecule has 0 saturated carbocycles. The number of rotatable bonds is 15. The molecule has 1 atom stereocenters. The number of hydrogen-bond acceptors (Lipinski definition) is 7. The van der Waals surface area contributed by atoms with Gasteiger partial charge < -0.3 is 20.1 Å². The van der Waals surface area contributed by atoms with Crippen molar-refractivity contribution in [1.29, 1.82) is 0 Å². The van der Waals surface area contributed by atoms with Crippen molar-refractivity contribution in [2.75, 3.05) is 55.4 Å². The molecule has 2 aromatic rings. The number of anilines is 2. The summed E-state index contributed by atoms with van der Waals surface area (Å²) in [6.07, 6.45) is 3.03. The third-order valence-electron chi connectivity index (χ3n) is 5.41. The molecule has 1 aromatic heterocycles. The van der Waals surface area contributed by atoms with E-state index in [0.717, 1.165) is 18.2 Å². The van der Waals surface area contributed by atoms with E-state index in [1.807, 2.05) is 49.1 Å². The van der Waals surface area contributed by atoms with Gasteiger partial charge in [-0.25, -0.2) is 13.4 Å². The summed E-state index contributed by atoms with van der Waals surface area (Å²) in [7, 11) is -1.99. The lowest BCUT2D eigenvalue weighted by Gasteiger charge is -2.27. The molecule has 10 heteroatoms. The number of sulfonamides is 1. The summed E-state index contributed by atoms with van der Waals surface area (Å²) in [4.78, 5) is 19.9. The van der Waals surface area contributed by atoms with Crippen LogP contribution < -0.4 is 14.5 Å². The van der Waals surface area contributed by atoms with Gasteiger partial charge in [0.2, 0.25) is 10.0 Å². The first-order valence-corrected chi connectivity index (χ1v) is 13.8. The van der Waals surface area contributed by atoms with Crippen molar-refractivity contribution in [2.24, 2.45) is 0 Å². The van der Waals surface area contributed by atoms with Crippen LogP contribution in [0.1, 0.15) is 42.6 Å². The minimum absolute atomic E-state index is 0.194. The summed E-state index contributed by atoms with van der Waals surface area (Å²) in [6, 6.07) is 12.2. The molecule has 0 fully saturated rings. The first-order valence-electron chi connectivity index (χ1n) is 11.9. The first kappa shape index (κ1) is 28.5. The highest BCUT2D eigenvalue weighted by molar-refractivity contribution is 7.92. The minimum Gasteiger partial charge on any atom is -0.394 e. The lowest BCUT2D eigenvalue weighted by molar-refractivity contribution is 0.0916. The molecular weight excluding hydrogens is 468 g/mol. The zero-order valence-electron chi connectivity index (χ0n) is 21.1. The lowest BCUT2D eigenvalue weighted by Crippen LogP contribution is -2.39. The number of benzene rings is 1. The molecule has 0 radical (unpaired) electrons. The number of amides is 1. The Hall–Kier alpha value is -2.69. The van der Waals surface area contributed by atoms with E-state index in [1.54, 1.807) is 13.2 Å². The van der Waals surface area contributed by atoms with Crippen molar-refractivity contribution in [3.8, 4) is 0 Å². The molecule has 0 aliphatic carbocycles. The van der Waals surface area contributed by atoms with Gasteiger partial charge in [-0.3, -0.25) is 9.10 Å². The highest BCUT2D eigenvalue weighted by Gasteiger charge is 2.23. The number of aromatic nitrogens is 1. The van der Waals surface area contributed by atoms with Gasteiger partial charge in [0.1, 0.15) is 11.6 Å². The Labute approximate surface area is 209 Å². The Balaban J connectivity index is 2.45. The normalized spacial score (nSPS) is 12.3. The van der Waals surface area contributed by atoms with Gasteiger partial charge in [0.05, 0.1) is 25.5 Å². The Kier molecular flexibility index (Phi) is 11.4. The summed E-state index contributed by atoms with van der Waals surface area (Å²) >= 11 is 0. The van der Waals surface area contributed by atoms with E-state index < -0.39 is 22.0 Å². The van der Waals surface area contributed by atoms with E-state index in [9.17, 15) is 18.3 Å². The second-order valence-electron chi connectivity index (χ2n) is 8.43. The Bertz CT molecular complexity index is 1030. The molecule has 1 aromatic carbocycles. The summed E-state index contributed by atoms with van der Waals surface area (Å²) in [6.45, 7) is 5.60. The number of aliphatic hydroxyl groups is 1. The van der Waals surface area contributed by atoms with Crippen LogP contribution in [-0.4, -0.2) is 76.7 Å². The number of pyridine rings is 1. The van der Waals surface area contributed by atoms with Crippen LogP contribution in [-0.2, 0) is 21.2 Å². The average molecular weight is 507 g/mol. The Morgan fingerprint density at radius 3 is 2.31 bits per heavy atom. The van der Waals surface area contributed by atoms with Gasteiger partial charge in [0, 0.05) is 32.3 Å². The Morgan fingerprint density at radius 2 is 1.74 bits per heavy atom. The second kappa shape index (κ2) is 14.0. The van der Waals surface area contributed by atoms with E-state index in [4.69, 9.17) is 4.74 Å². The highest BCUT2D eigenvalue weighted by atomic mass is 32.2. The number of carbonyl (C=O) groups is 1. The zero-order valence-corrected chi connectivity index (χ0v) is 21.9. The van der Waals surface area contributed by atoms with Gasteiger partial charge in [-0.15, -0.1) is 0 Å². The summed E-state index contributed by atoms with van der Waals surface area (Å²) in [5.41, 5.74) is 1.27. The minimum atomic E-state index is -3.61. The second-order valence-corrected chi connectivity index (χ2v) is 10.3. The van der Waals surface area contributed by atoms with E-state index >= 15 is 0 Å². The fraction of sp³-hybridized carbons (Fsp3) is 0.520. The summed E-state index contributed by atoms with van der Waals surface area (Å²) in [5, 5.41) is 12.8. The van der Waals surface area contributed by atoms with Crippen LogP contribution in [0, 0.1) is 0 Å². The van der Waals surface area contributed by atoms with Crippen LogP contribution >= 0.6 is 0 Å². The predicted molar refractivity (Wildman–Crippen MR) is 140 cm³/mol. The molecule has 0 aliphatic rings. The molecule has 0 saturated heterocycles. The quantitative estimate of drug-likeness (QED) is 0.382. The zero-order chi connectivity index (χ0) is 25.8. The molecule has 1 amide bonds. The standard InChI is InChI=1S/C25H38N4O5S/c1-5-12-28(14-15-34-3)23-17-21(18-24(27-23)29(13-6-2)35(4,32)33)25(31)26-22(19-30)16-20-10-8-7-9-11-20/h7-11,17-18,22,30H,5-6,12-16,19H2,1-4H3,(H,26,31). The van der Waals surface area contributed by atoms with E-state index in [1.165, 1.54) is 10.4 Å². The van der Waals surface area contributed by atoms with Crippen molar-refractivity contribution in [3.63, 3.8) is 0 Å². The number of methoxy groups -OCH3 is 1. The van der Waals surface area contributed by atoms with Crippen molar-refractivity contribution in [1.82, 2.24) is 10.3 Å². The average Bonchev–Trinajstić information content (AvgIpc) is 2.84. The molecule has 0 bridgehead atoms. The maximum Gasteiger partial charge on any atom is 0.251 e. The van der Waals surface area contributed by atoms with E-state index in [0.29, 0.717) is 38.4 Å². The van der Waals surface area contributed by atoms with Crippen molar-refractivity contribution in [2.45, 2.75) is 39.2 Å². The molecule has 0 spiro atoms. The number of aliphatic hydroxyl groups excluding tert-OH is 1. The van der Waals surface area contributed by atoms with Crippen LogP contribution in [0.4, 0.5) is 11.6 Å². The number of nitrogens with zero attached hydrogens (tertiary/aromatic N) is 3. The van der Waals surface area contributed by atoms with Gasteiger partial charge in [0.25, 0.3) is 5.91 Å². The first-order chi connectivity index (χ1) is 16.7. The molecule has 2 N–H and O–H groups in total. The lowest BCUT2D eigenvalue weighted by atomic mass is 10.1. The number of hydrogen-bond donors (Lipinski definition) is 2. The van der Waals surface area contributed by atoms with Gasteiger partial charge in [-0.05, 0) is 37.0 Å². The SMILES string of the molecule is CCCN(CCOC)c1cc(C(=O)NC(CO)Cc2ccccc2)cc(N(CCC)S(C)(=O)=O)n1. The van der Waals surface area contributed by atoms with E-state index in [2.05, 4.69) is 10.3 Å². The van der Waals surface area contributed by atoms with Crippen LogP contribution in [0.3, 0.4) is 0 Å². The molecule has 35 heavy (non-hydrogen) atoms. The molecule has 0 aliphatic heterocycles. The number of carbonyl (C=O) groups excluding carboxylic acids is 1. The fourth-order valence-electron chi connectivity index (χ4n) is 3.72. The fourth-order valence-corrected chi connectivity index (χ4v) is 4.66. The molecule has 1 heterocycles. The monoisotopic (exact) mass is 506 g/mol. The van der Waals surface area contributed by atoms with E-state index in [-0.39, 0.29) is 24.5 Å². The highest BCUT2D eigenvalue weighted by Crippen LogP contribution is 2.24. The molecule has 2 rings (SSSR count). The largest absolute Gasteiger partial charge is 0.394 e. The third kappa shape index (κ3) is 8.79. The third-order valence-corrected chi connectivity index (χ3v) is 6.58. The summed E-state index contributed by atoms with van der Waals surface area (Å²) < 4.78 is 31.5. The molecule has 194 valence electrons. The van der Waals surface area contributed by atoms with Crippen molar-refractivity contribution < 1.29 is 23.1 Å². The van der Waals surface area contributed by atoms with Gasteiger partial charge >= 0.3 is 0 Å². The topological polar surface area (TPSA) is 112 Å². The van der Waals surface area contributed by atoms with Crippen molar-refractivity contribution in [3.05, 3.63) is 53.6 Å². The summed E-state index contributed by atoms with van der Waals surface area (Å²) in [5.74, 6) is 0.289. The molecular formula is C25H38N4O5S. The predicted octanol–water partition coefficient (Wildman–Crippen LogP) is 2.45. The maximum atomic E-state index is 13.3. The number of ether oxygens (including phenoxy) is 1. The van der Waals surface area contributed by atoms with Crippen LogP contribution in [0.25, 0.3) is 0 Å². The maximum absolute atomic E-state index is 13.3. The molecule has 9 nitrogen and oxygen atoms in total. The van der Waals surface area contributed by atoms with Crippen LogP contribution in [0.5, 0.6) is 0 Å². The van der Waals surface area contributed by atoms with Gasteiger partial charge in [-0.2, -0.15) is 0 Å². The van der Waals surface area contributed by atoms with Gasteiger partial charge in [0.15, 0.2) is 0 Å². The molecule has 1 unspecified atom stereocenters. The number of nitrogens with one attached hydrogen (secondary N) is 1. The van der Waals surface area contributed by atoms with Gasteiger partial charge in [-0.1, -0.05) is 44.2 Å². The smallest absolute Gasteiger partial charge is 0.251 e. The van der Waals surface area contributed by atoms with Crippen LogP contribution in [0.2, 0.25) is 0 Å². The van der Waals surface area contributed by atoms with Crippen LogP contribution in [0.15, 0.2) is 42.5 Å².